The Bertz CT molecular complexity index is 1040. The number of esters is 1. The van der Waals surface area contributed by atoms with Crippen LogP contribution in [0.25, 0.3) is 0 Å². The van der Waals surface area contributed by atoms with Gasteiger partial charge in [0.1, 0.15) is 16.9 Å². The van der Waals surface area contributed by atoms with Crippen molar-refractivity contribution in [1.29, 1.82) is 0 Å². The fourth-order valence-corrected chi connectivity index (χ4v) is 4.70. The van der Waals surface area contributed by atoms with Crippen LogP contribution < -0.4 is 10.1 Å². The molecule has 1 fully saturated rings. The summed E-state index contributed by atoms with van der Waals surface area (Å²) in [5.41, 5.74) is 1.61. The first-order valence-corrected chi connectivity index (χ1v) is 11.1. The normalized spacial score (nSPS) is 15.3. The summed E-state index contributed by atoms with van der Waals surface area (Å²) in [7, 11) is -2.57. The van der Waals surface area contributed by atoms with E-state index in [0.717, 1.165) is 5.56 Å². The first kappa shape index (κ1) is 22.1. The molecule has 0 saturated carbocycles. The number of carbonyl (C=O) groups is 1. The van der Waals surface area contributed by atoms with Gasteiger partial charge in [-0.25, -0.2) is 0 Å². The zero-order valence-corrected chi connectivity index (χ0v) is 18.3. The Balaban J connectivity index is 1.94. The highest BCUT2D eigenvalue weighted by atomic mass is 32.2. The molecule has 1 aliphatic rings. The third kappa shape index (κ3) is 4.57. The molecular weight excluding hydrogens is 402 g/mol. The van der Waals surface area contributed by atoms with Gasteiger partial charge >= 0.3 is 5.97 Å². The first-order valence-electron chi connectivity index (χ1n) is 10.1. The second kappa shape index (κ2) is 9.45. The highest BCUT2D eigenvalue weighted by Gasteiger charge is 2.47. The summed E-state index contributed by atoms with van der Waals surface area (Å²) in [6, 6.07) is 12.7. The van der Waals surface area contributed by atoms with Crippen LogP contribution in [0.3, 0.4) is 0 Å². The van der Waals surface area contributed by atoms with Crippen molar-refractivity contribution < 1.29 is 22.7 Å². The summed E-state index contributed by atoms with van der Waals surface area (Å²) >= 11 is 0. The summed E-state index contributed by atoms with van der Waals surface area (Å²) in [5.74, 6) is 0.818. The molecule has 1 heterocycles. The number of carbonyl (C=O) groups excluding carboxylic acids is 1. The van der Waals surface area contributed by atoms with E-state index in [0.29, 0.717) is 43.0 Å². The van der Waals surface area contributed by atoms with Crippen molar-refractivity contribution in [1.82, 2.24) is 5.32 Å². The van der Waals surface area contributed by atoms with E-state index in [1.54, 1.807) is 31.2 Å². The van der Waals surface area contributed by atoms with Gasteiger partial charge in [0.05, 0.1) is 11.5 Å². The molecule has 0 atom stereocenters. The minimum atomic E-state index is -2.57. The number of hydrogen-bond donors (Lipinski definition) is 1. The second-order valence-corrected chi connectivity index (χ2v) is 8.37. The summed E-state index contributed by atoms with van der Waals surface area (Å²) in [6.45, 7) is 7.08. The van der Waals surface area contributed by atoms with Crippen molar-refractivity contribution in [2.75, 3.05) is 19.7 Å². The van der Waals surface area contributed by atoms with Crippen LogP contribution in [0, 0.1) is 19.3 Å². The van der Waals surface area contributed by atoms with Gasteiger partial charge in [-0.2, -0.15) is 8.42 Å². The largest absolute Gasteiger partial charge is 0.465 e. The number of hydrogen-bond acceptors (Lipinski definition) is 6. The summed E-state index contributed by atoms with van der Waals surface area (Å²) in [6.07, 6.45) is 0.742. The molecular formula is C23H27NO5S. The maximum absolute atomic E-state index is 12.8. The lowest BCUT2D eigenvalue weighted by molar-refractivity contribution is -0.152. The van der Waals surface area contributed by atoms with Gasteiger partial charge < -0.3 is 14.8 Å². The Morgan fingerprint density at radius 3 is 2.20 bits per heavy atom. The van der Waals surface area contributed by atoms with E-state index in [2.05, 4.69) is 5.32 Å². The predicted molar refractivity (Wildman–Crippen MR) is 117 cm³/mol. The molecule has 0 aromatic heterocycles. The zero-order valence-electron chi connectivity index (χ0n) is 17.5. The summed E-state index contributed by atoms with van der Waals surface area (Å²) < 4.78 is 35.7. The highest BCUT2D eigenvalue weighted by molar-refractivity contribution is 7.73. The summed E-state index contributed by atoms with van der Waals surface area (Å²) in [4.78, 5) is 12.9. The second-order valence-electron chi connectivity index (χ2n) is 7.49. The monoisotopic (exact) mass is 429 g/mol. The van der Waals surface area contributed by atoms with Crippen LogP contribution in [-0.4, -0.2) is 38.9 Å². The molecule has 1 saturated heterocycles. The molecule has 160 valence electrons. The minimum Gasteiger partial charge on any atom is -0.465 e. The Hall–Kier alpha value is -2.64. The van der Waals surface area contributed by atoms with Crippen LogP contribution in [-0.2, 0) is 19.8 Å². The number of rotatable bonds is 6. The molecule has 2 aromatic carbocycles. The molecule has 3 rings (SSSR count). The number of nitrogens with one attached hydrogen (secondary N) is 1. The Morgan fingerprint density at radius 1 is 1.00 bits per heavy atom. The van der Waals surface area contributed by atoms with Gasteiger partial charge in [-0.3, -0.25) is 4.79 Å². The molecule has 1 N–H and O–H groups in total. The number of piperidine rings is 1. The topological polar surface area (TPSA) is 81.7 Å². The number of ether oxygens (including phenoxy) is 2. The SMILES string of the molecule is CCOC(=O)C1(C(c2ccc(Oc3ccc(C)c(C)c3)cc2)=S(=O)=O)CCNCC1. The van der Waals surface area contributed by atoms with Crippen LogP contribution in [0.15, 0.2) is 42.5 Å². The standard InChI is InChI=1S/C23H27NO5S/c1-4-28-22(25)23(11-13-24-14-12-23)21(30(26)27)18-6-9-19(10-7-18)29-20-8-5-16(2)17(3)15-20/h5-10,15,24H,4,11-14H2,1-3H3. The lowest BCUT2D eigenvalue weighted by Gasteiger charge is -2.35. The lowest BCUT2D eigenvalue weighted by atomic mass is 9.74. The average Bonchev–Trinajstić information content (AvgIpc) is 2.73. The van der Waals surface area contributed by atoms with Gasteiger partial charge in [0.15, 0.2) is 0 Å². The highest BCUT2D eigenvalue weighted by Crippen LogP contribution is 2.35. The quantitative estimate of drug-likeness (QED) is 0.430. The summed E-state index contributed by atoms with van der Waals surface area (Å²) in [5, 5.41) is 3.18. The van der Waals surface area contributed by atoms with Gasteiger partial charge in [-0.15, -0.1) is 0 Å². The molecule has 0 unspecified atom stereocenters. The third-order valence-electron chi connectivity index (χ3n) is 5.56. The molecule has 7 heteroatoms. The Morgan fingerprint density at radius 2 is 1.63 bits per heavy atom. The minimum absolute atomic E-state index is 0.0835. The van der Waals surface area contributed by atoms with E-state index in [4.69, 9.17) is 9.47 Å². The Kier molecular flexibility index (Phi) is 6.95. The molecule has 6 nitrogen and oxygen atoms in total. The van der Waals surface area contributed by atoms with E-state index in [1.807, 2.05) is 32.0 Å². The zero-order chi connectivity index (χ0) is 21.7. The van der Waals surface area contributed by atoms with Crippen molar-refractivity contribution in [3.63, 3.8) is 0 Å². The van der Waals surface area contributed by atoms with Crippen LogP contribution in [0.2, 0.25) is 0 Å². The van der Waals surface area contributed by atoms with Crippen molar-refractivity contribution in [2.24, 2.45) is 5.41 Å². The molecule has 30 heavy (non-hydrogen) atoms. The molecule has 0 aliphatic carbocycles. The van der Waals surface area contributed by atoms with Crippen LogP contribution >= 0.6 is 0 Å². The van der Waals surface area contributed by atoms with E-state index < -0.39 is 21.7 Å². The molecule has 0 spiro atoms. The molecule has 0 amide bonds. The lowest BCUT2D eigenvalue weighted by Crippen LogP contribution is -2.49. The van der Waals surface area contributed by atoms with Gasteiger partial charge in [-0.05, 0) is 99.8 Å². The smallest absolute Gasteiger partial charge is 0.317 e. The fourth-order valence-electron chi connectivity index (χ4n) is 3.77. The van der Waals surface area contributed by atoms with Crippen molar-refractivity contribution in [3.05, 3.63) is 59.2 Å². The molecule has 0 radical (unpaired) electrons. The van der Waals surface area contributed by atoms with E-state index >= 15 is 0 Å². The number of aryl methyl sites for hydroxylation is 2. The van der Waals surface area contributed by atoms with Crippen molar-refractivity contribution >= 4 is 21.1 Å². The van der Waals surface area contributed by atoms with E-state index in [-0.39, 0.29) is 11.5 Å². The van der Waals surface area contributed by atoms with Crippen LogP contribution in [0.5, 0.6) is 11.5 Å². The fraction of sp³-hybridized carbons (Fsp3) is 0.391. The molecule has 1 aliphatic heterocycles. The first-order chi connectivity index (χ1) is 14.4. The van der Waals surface area contributed by atoms with Crippen molar-refractivity contribution in [3.8, 4) is 11.5 Å². The third-order valence-corrected chi connectivity index (χ3v) is 6.51. The van der Waals surface area contributed by atoms with Crippen molar-refractivity contribution in [2.45, 2.75) is 33.6 Å². The van der Waals surface area contributed by atoms with Gasteiger partial charge in [-0.1, -0.05) is 6.07 Å². The maximum Gasteiger partial charge on any atom is 0.317 e. The van der Waals surface area contributed by atoms with Gasteiger partial charge in [0.25, 0.3) is 0 Å². The average molecular weight is 430 g/mol. The number of benzene rings is 2. The van der Waals surface area contributed by atoms with E-state index in [1.165, 1.54) is 5.56 Å². The van der Waals surface area contributed by atoms with Gasteiger partial charge in [0.2, 0.25) is 10.3 Å². The predicted octanol–water partition coefficient (Wildman–Crippen LogP) is 3.43. The maximum atomic E-state index is 12.8. The Labute approximate surface area is 178 Å². The van der Waals surface area contributed by atoms with E-state index in [9.17, 15) is 13.2 Å². The van der Waals surface area contributed by atoms with Gasteiger partial charge in [0, 0.05) is 0 Å². The van der Waals surface area contributed by atoms with Crippen LogP contribution in [0.1, 0.15) is 36.5 Å². The van der Waals surface area contributed by atoms with Crippen LogP contribution in [0.4, 0.5) is 0 Å². The molecule has 2 aromatic rings. The molecule has 0 bridgehead atoms.